The highest BCUT2D eigenvalue weighted by molar-refractivity contribution is 5.94. The molecule has 7 heteroatoms. The number of nitrogens with zero attached hydrogens (tertiary/aromatic N) is 1. The van der Waals surface area contributed by atoms with Crippen molar-refractivity contribution >= 4 is 5.91 Å². The quantitative estimate of drug-likeness (QED) is 0.851. The second kappa shape index (κ2) is 7.83. The molecule has 1 aromatic carbocycles. The number of pyridine rings is 1. The Bertz CT molecular complexity index is 702. The van der Waals surface area contributed by atoms with E-state index in [-0.39, 0.29) is 24.1 Å². The lowest BCUT2D eigenvalue weighted by Gasteiger charge is -2.15. The first-order valence-electron chi connectivity index (χ1n) is 7.42. The van der Waals surface area contributed by atoms with Gasteiger partial charge in [0.2, 0.25) is 0 Å². The molecule has 1 amide bonds. The zero-order valence-electron chi connectivity index (χ0n) is 13.3. The number of hydrogen-bond acceptors (Lipinski definition) is 4. The van der Waals surface area contributed by atoms with E-state index in [2.05, 4.69) is 10.3 Å². The molecule has 2 aromatic rings. The molecule has 0 aliphatic rings. The number of aliphatic hydroxyl groups excluding tert-OH is 1. The molecule has 1 aromatic heterocycles. The van der Waals surface area contributed by atoms with Crippen molar-refractivity contribution in [3.63, 3.8) is 0 Å². The molecule has 0 bridgehead atoms. The third-order valence-corrected chi connectivity index (χ3v) is 3.14. The normalized spacial score (nSPS) is 12.1. The standard InChI is InChI=1S/C17H18F2N2O3/c1-10(2)24-14-7-4-8-20-16(14)17(23)21-9-13(22)15-11(18)5-3-6-12(15)19/h3-8,10,13,22H,9H2,1-2H3,(H,21,23)/t13-/m1/s1. The third kappa shape index (κ3) is 4.26. The van der Waals surface area contributed by atoms with Gasteiger partial charge in [0.1, 0.15) is 17.7 Å². The molecule has 0 unspecified atom stereocenters. The molecule has 2 N–H and O–H groups in total. The number of hydrogen-bond donors (Lipinski definition) is 2. The van der Waals surface area contributed by atoms with E-state index in [4.69, 9.17) is 4.74 Å². The number of halogens is 2. The van der Waals surface area contributed by atoms with Crippen LogP contribution in [-0.2, 0) is 0 Å². The average Bonchev–Trinajstić information content (AvgIpc) is 2.52. The minimum Gasteiger partial charge on any atom is -0.489 e. The molecule has 0 saturated heterocycles. The van der Waals surface area contributed by atoms with Crippen LogP contribution in [0.4, 0.5) is 8.78 Å². The number of carbonyl (C=O) groups excluding carboxylic acids is 1. The first-order valence-corrected chi connectivity index (χ1v) is 7.42. The highest BCUT2D eigenvalue weighted by Gasteiger charge is 2.20. The fourth-order valence-corrected chi connectivity index (χ4v) is 2.11. The first kappa shape index (κ1) is 17.8. The average molecular weight is 336 g/mol. The van der Waals surface area contributed by atoms with Gasteiger partial charge in [-0.25, -0.2) is 13.8 Å². The zero-order chi connectivity index (χ0) is 17.7. The molecular weight excluding hydrogens is 318 g/mol. The number of aliphatic hydroxyl groups is 1. The van der Waals surface area contributed by atoms with Gasteiger partial charge in [-0.05, 0) is 38.1 Å². The van der Waals surface area contributed by atoms with Crippen LogP contribution in [0.5, 0.6) is 5.75 Å². The second-order valence-electron chi connectivity index (χ2n) is 5.38. The topological polar surface area (TPSA) is 71.5 Å². The van der Waals surface area contributed by atoms with Gasteiger partial charge in [-0.1, -0.05) is 6.07 Å². The molecule has 0 fully saturated rings. The van der Waals surface area contributed by atoms with Crippen LogP contribution in [0.25, 0.3) is 0 Å². The van der Waals surface area contributed by atoms with Gasteiger partial charge in [0, 0.05) is 12.7 Å². The first-order chi connectivity index (χ1) is 11.4. The van der Waals surface area contributed by atoms with Gasteiger partial charge in [-0.15, -0.1) is 0 Å². The molecule has 1 heterocycles. The summed E-state index contributed by atoms with van der Waals surface area (Å²) >= 11 is 0. The van der Waals surface area contributed by atoms with E-state index < -0.39 is 29.2 Å². The second-order valence-corrected chi connectivity index (χ2v) is 5.38. The maximum Gasteiger partial charge on any atom is 0.273 e. The lowest BCUT2D eigenvalue weighted by Crippen LogP contribution is -2.30. The smallest absolute Gasteiger partial charge is 0.273 e. The number of amides is 1. The Labute approximate surface area is 138 Å². The van der Waals surface area contributed by atoms with Crippen molar-refractivity contribution in [2.45, 2.75) is 26.1 Å². The number of rotatable bonds is 6. The van der Waals surface area contributed by atoms with Crippen molar-refractivity contribution in [2.75, 3.05) is 6.54 Å². The molecule has 0 radical (unpaired) electrons. The van der Waals surface area contributed by atoms with E-state index in [1.807, 2.05) is 0 Å². The van der Waals surface area contributed by atoms with Crippen LogP contribution in [0.3, 0.4) is 0 Å². The lowest BCUT2D eigenvalue weighted by atomic mass is 10.1. The van der Waals surface area contributed by atoms with E-state index >= 15 is 0 Å². The molecule has 24 heavy (non-hydrogen) atoms. The van der Waals surface area contributed by atoms with E-state index in [9.17, 15) is 18.7 Å². The van der Waals surface area contributed by atoms with Crippen molar-refractivity contribution in [3.8, 4) is 5.75 Å². The predicted octanol–water partition coefficient (Wildman–Crippen LogP) is 2.61. The predicted molar refractivity (Wildman–Crippen MR) is 83.7 cm³/mol. The maximum atomic E-state index is 13.6. The molecule has 1 atom stereocenters. The molecule has 0 saturated carbocycles. The summed E-state index contributed by atoms with van der Waals surface area (Å²) in [7, 11) is 0. The van der Waals surface area contributed by atoms with E-state index in [1.54, 1.807) is 26.0 Å². The van der Waals surface area contributed by atoms with Gasteiger partial charge in [-0.2, -0.15) is 0 Å². The summed E-state index contributed by atoms with van der Waals surface area (Å²) < 4.78 is 32.7. The van der Waals surface area contributed by atoms with Gasteiger partial charge in [0.05, 0.1) is 11.7 Å². The lowest BCUT2D eigenvalue weighted by molar-refractivity contribution is 0.0900. The van der Waals surface area contributed by atoms with Crippen molar-refractivity contribution < 1.29 is 23.4 Å². The van der Waals surface area contributed by atoms with Gasteiger partial charge in [-0.3, -0.25) is 4.79 Å². The molecule has 0 aliphatic carbocycles. The van der Waals surface area contributed by atoms with Crippen LogP contribution < -0.4 is 10.1 Å². The van der Waals surface area contributed by atoms with Crippen LogP contribution in [0.15, 0.2) is 36.5 Å². The number of aromatic nitrogens is 1. The zero-order valence-corrected chi connectivity index (χ0v) is 13.3. The minimum absolute atomic E-state index is 0.0346. The summed E-state index contributed by atoms with van der Waals surface area (Å²) in [4.78, 5) is 16.2. The van der Waals surface area contributed by atoms with Crippen LogP contribution in [-0.4, -0.2) is 28.6 Å². The van der Waals surface area contributed by atoms with Crippen molar-refractivity contribution in [1.82, 2.24) is 10.3 Å². The van der Waals surface area contributed by atoms with Gasteiger partial charge in [0.15, 0.2) is 11.4 Å². The summed E-state index contributed by atoms with van der Waals surface area (Å²) in [5.41, 5.74) is -0.454. The number of ether oxygens (including phenoxy) is 1. The Kier molecular flexibility index (Phi) is 5.81. The van der Waals surface area contributed by atoms with Gasteiger partial charge in [0.25, 0.3) is 5.91 Å². The Morgan fingerprint density at radius 2 is 1.92 bits per heavy atom. The minimum atomic E-state index is -1.52. The molecule has 0 spiro atoms. The molecule has 2 rings (SSSR count). The number of benzene rings is 1. The monoisotopic (exact) mass is 336 g/mol. The molecule has 0 aliphatic heterocycles. The van der Waals surface area contributed by atoms with Crippen LogP contribution >= 0.6 is 0 Å². The van der Waals surface area contributed by atoms with E-state index in [0.717, 1.165) is 12.1 Å². The van der Waals surface area contributed by atoms with Crippen LogP contribution in [0, 0.1) is 11.6 Å². The molecular formula is C17H18F2N2O3. The summed E-state index contributed by atoms with van der Waals surface area (Å²) in [5.74, 6) is -2.07. The molecule has 5 nitrogen and oxygen atoms in total. The summed E-state index contributed by atoms with van der Waals surface area (Å²) in [6.07, 6.45) is -0.248. The Morgan fingerprint density at radius 1 is 1.25 bits per heavy atom. The summed E-state index contributed by atoms with van der Waals surface area (Å²) in [5, 5.41) is 12.3. The van der Waals surface area contributed by atoms with Crippen LogP contribution in [0.2, 0.25) is 0 Å². The van der Waals surface area contributed by atoms with E-state index in [1.165, 1.54) is 12.3 Å². The third-order valence-electron chi connectivity index (χ3n) is 3.14. The van der Waals surface area contributed by atoms with Gasteiger partial charge < -0.3 is 15.2 Å². The summed E-state index contributed by atoms with van der Waals surface area (Å²) in [6.45, 7) is 3.24. The van der Waals surface area contributed by atoms with Crippen LogP contribution in [0.1, 0.15) is 36.0 Å². The summed E-state index contributed by atoms with van der Waals surface area (Å²) in [6, 6.07) is 6.49. The SMILES string of the molecule is CC(C)Oc1cccnc1C(=O)NC[C@@H](O)c1c(F)cccc1F. The maximum absolute atomic E-state index is 13.6. The van der Waals surface area contributed by atoms with Crippen molar-refractivity contribution in [2.24, 2.45) is 0 Å². The largest absolute Gasteiger partial charge is 0.489 e. The fraction of sp³-hybridized carbons (Fsp3) is 0.294. The van der Waals surface area contributed by atoms with E-state index in [0.29, 0.717) is 0 Å². The Balaban J connectivity index is 2.08. The molecule has 128 valence electrons. The Hall–Kier alpha value is -2.54. The highest BCUT2D eigenvalue weighted by Crippen LogP contribution is 2.21. The van der Waals surface area contributed by atoms with Crippen molar-refractivity contribution in [3.05, 3.63) is 59.4 Å². The number of carbonyl (C=O) groups is 1. The highest BCUT2D eigenvalue weighted by atomic mass is 19.1. The Morgan fingerprint density at radius 3 is 2.54 bits per heavy atom. The number of nitrogens with one attached hydrogen (secondary N) is 1. The van der Waals surface area contributed by atoms with Crippen molar-refractivity contribution in [1.29, 1.82) is 0 Å². The van der Waals surface area contributed by atoms with Gasteiger partial charge >= 0.3 is 0 Å². The fourth-order valence-electron chi connectivity index (χ4n) is 2.11.